The van der Waals surface area contributed by atoms with Crippen molar-refractivity contribution < 1.29 is 14.3 Å². The molecule has 2 heterocycles. The minimum absolute atomic E-state index is 0.0184. The SMILES string of the molecule is COc1cc(C2c3c(-c4ccccc4)n[nH]c3C(=O)N2C(C)C)ccc1OCCC(C)C. The molecule has 0 aliphatic carbocycles. The predicted octanol–water partition coefficient (Wildman–Crippen LogP) is 5.46. The van der Waals surface area contributed by atoms with Crippen molar-refractivity contribution in [3.8, 4) is 22.8 Å². The molecule has 0 bridgehead atoms. The summed E-state index contributed by atoms with van der Waals surface area (Å²) in [4.78, 5) is 15.2. The van der Waals surface area contributed by atoms with E-state index < -0.39 is 0 Å². The zero-order valence-electron chi connectivity index (χ0n) is 19.4. The fraction of sp³-hybridized carbons (Fsp3) is 0.385. The van der Waals surface area contributed by atoms with Crippen LogP contribution in [-0.2, 0) is 0 Å². The van der Waals surface area contributed by atoms with E-state index in [1.807, 2.05) is 67.3 Å². The second-order valence-corrected chi connectivity index (χ2v) is 8.88. The Morgan fingerprint density at radius 2 is 1.81 bits per heavy atom. The number of aromatic nitrogens is 2. The lowest BCUT2D eigenvalue weighted by atomic mass is 9.95. The third-order valence-corrected chi connectivity index (χ3v) is 5.86. The number of nitrogens with zero attached hydrogens (tertiary/aromatic N) is 2. The van der Waals surface area contributed by atoms with E-state index >= 15 is 0 Å². The second-order valence-electron chi connectivity index (χ2n) is 8.88. The summed E-state index contributed by atoms with van der Waals surface area (Å²) in [5, 5.41) is 7.52. The second kappa shape index (κ2) is 9.07. The van der Waals surface area contributed by atoms with Crippen LogP contribution in [0.2, 0.25) is 0 Å². The number of benzene rings is 2. The molecule has 1 unspecified atom stereocenters. The van der Waals surface area contributed by atoms with Gasteiger partial charge in [0, 0.05) is 17.2 Å². The molecular weight excluding hydrogens is 402 g/mol. The first-order valence-electron chi connectivity index (χ1n) is 11.2. The summed E-state index contributed by atoms with van der Waals surface area (Å²) < 4.78 is 11.6. The normalized spacial score (nSPS) is 15.5. The molecule has 0 spiro atoms. The molecule has 1 aliphatic heterocycles. The number of methoxy groups -OCH3 is 1. The molecule has 1 atom stereocenters. The molecule has 3 aromatic rings. The van der Waals surface area contributed by atoms with E-state index in [1.54, 1.807) is 7.11 Å². The summed E-state index contributed by atoms with van der Waals surface area (Å²) in [6.07, 6.45) is 0.974. The van der Waals surface area contributed by atoms with Crippen LogP contribution in [0.4, 0.5) is 0 Å². The highest BCUT2D eigenvalue weighted by Gasteiger charge is 2.43. The first kappa shape index (κ1) is 21.9. The van der Waals surface area contributed by atoms with Crippen molar-refractivity contribution in [1.82, 2.24) is 15.1 Å². The fourth-order valence-electron chi connectivity index (χ4n) is 4.22. The van der Waals surface area contributed by atoms with Gasteiger partial charge in [-0.15, -0.1) is 0 Å². The van der Waals surface area contributed by atoms with Crippen molar-refractivity contribution in [3.05, 3.63) is 65.4 Å². The standard InChI is InChI=1S/C26H31N3O3/c1-16(2)13-14-32-20-12-11-19(15-21(20)31-5)25-22-23(18-9-7-6-8-10-18)27-28-24(22)26(30)29(25)17(3)4/h6-12,15-17,25H,13-14H2,1-5H3,(H,27,28). The molecular formula is C26H31N3O3. The third kappa shape index (κ3) is 3.97. The number of amides is 1. The van der Waals surface area contributed by atoms with E-state index in [-0.39, 0.29) is 18.0 Å². The van der Waals surface area contributed by atoms with Gasteiger partial charge in [-0.2, -0.15) is 5.10 Å². The van der Waals surface area contributed by atoms with Crippen LogP contribution < -0.4 is 9.47 Å². The van der Waals surface area contributed by atoms with Crippen LogP contribution in [0.1, 0.15) is 61.8 Å². The highest BCUT2D eigenvalue weighted by Crippen LogP contribution is 2.45. The van der Waals surface area contributed by atoms with Crippen molar-refractivity contribution in [2.45, 2.75) is 46.2 Å². The molecule has 6 heteroatoms. The quantitative estimate of drug-likeness (QED) is 0.512. The number of hydrogen-bond acceptors (Lipinski definition) is 4. The van der Waals surface area contributed by atoms with Gasteiger partial charge in [0.2, 0.25) is 0 Å². The smallest absolute Gasteiger partial charge is 0.273 e. The molecule has 0 fully saturated rings. The monoisotopic (exact) mass is 433 g/mol. The van der Waals surface area contributed by atoms with Gasteiger partial charge in [-0.3, -0.25) is 9.89 Å². The molecule has 4 rings (SSSR count). The van der Waals surface area contributed by atoms with E-state index in [0.717, 1.165) is 28.8 Å². The van der Waals surface area contributed by atoms with Gasteiger partial charge in [-0.25, -0.2) is 0 Å². The summed E-state index contributed by atoms with van der Waals surface area (Å²) in [6.45, 7) is 9.06. The summed E-state index contributed by atoms with van der Waals surface area (Å²) in [6, 6.07) is 15.7. The number of aromatic amines is 1. The maximum atomic E-state index is 13.3. The number of carbonyl (C=O) groups is 1. The maximum absolute atomic E-state index is 13.3. The first-order chi connectivity index (χ1) is 15.4. The van der Waals surface area contributed by atoms with Gasteiger partial charge >= 0.3 is 0 Å². The molecule has 1 aliphatic rings. The van der Waals surface area contributed by atoms with Crippen molar-refractivity contribution in [2.24, 2.45) is 5.92 Å². The summed E-state index contributed by atoms with van der Waals surface area (Å²) >= 11 is 0. The summed E-state index contributed by atoms with van der Waals surface area (Å²) in [7, 11) is 1.65. The van der Waals surface area contributed by atoms with E-state index in [4.69, 9.17) is 9.47 Å². The number of fused-ring (bicyclic) bond motifs is 1. The Balaban J connectivity index is 1.77. The number of carbonyl (C=O) groups excluding carboxylic acids is 1. The minimum atomic E-state index is -0.259. The Hall–Kier alpha value is -3.28. The van der Waals surface area contributed by atoms with Crippen LogP contribution in [0.25, 0.3) is 11.3 Å². The largest absolute Gasteiger partial charge is 0.493 e. The van der Waals surface area contributed by atoms with Crippen molar-refractivity contribution in [3.63, 3.8) is 0 Å². The zero-order valence-corrected chi connectivity index (χ0v) is 19.4. The average molecular weight is 434 g/mol. The molecule has 0 radical (unpaired) electrons. The van der Waals surface area contributed by atoms with Crippen LogP contribution in [0, 0.1) is 5.92 Å². The van der Waals surface area contributed by atoms with Crippen LogP contribution in [-0.4, -0.2) is 40.8 Å². The summed E-state index contributed by atoms with van der Waals surface area (Å²) in [5.74, 6) is 1.92. The first-order valence-corrected chi connectivity index (χ1v) is 11.2. The highest BCUT2D eigenvalue weighted by molar-refractivity contribution is 6.00. The molecule has 1 amide bonds. The molecule has 2 aromatic carbocycles. The number of hydrogen-bond donors (Lipinski definition) is 1. The van der Waals surface area contributed by atoms with Crippen molar-refractivity contribution >= 4 is 5.91 Å². The van der Waals surface area contributed by atoms with Gasteiger partial charge in [0.25, 0.3) is 5.91 Å². The Bertz CT molecular complexity index is 1090. The van der Waals surface area contributed by atoms with Gasteiger partial charge in [0.1, 0.15) is 5.69 Å². The number of rotatable bonds is 8. The van der Waals surface area contributed by atoms with E-state index in [0.29, 0.717) is 29.7 Å². The van der Waals surface area contributed by atoms with Crippen LogP contribution in [0.3, 0.4) is 0 Å². The Morgan fingerprint density at radius 3 is 2.47 bits per heavy atom. The molecule has 0 saturated heterocycles. The molecule has 1 N–H and O–H groups in total. The fourth-order valence-corrected chi connectivity index (χ4v) is 4.22. The third-order valence-electron chi connectivity index (χ3n) is 5.86. The summed E-state index contributed by atoms with van der Waals surface area (Å²) in [5.41, 5.74) is 4.22. The lowest BCUT2D eigenvalue weighted by Gasteiger charge is -2.30. The molecule has 1 aromatic heterocycles. The van der Waals surface area contributed by atoms with Gasteiger partial charge in [0.05, 0.1) is 25.5 Å². The Labute approximate surface area is 189 Å². The van der Waals surface area contributed by atoms with Gasteiger partial charge in [-0.1, -0.05) is 50.2 Å². The van der Waals surface area contributed by atoms with E-state index in [1.165, 1.54) is 0 Å². The van der Waals surface area contributed by atoms with Crippen LogP contribution >= 0.6 is 0 Å². The van der Waals surface area contributed by atoms with E-state index in [2.05, 4.69) is 24.0 Å². The lowest BCUT2D eigenvalue weighted by molar-refractivity contribution is 0.0687. The lowest BCUT2D eigenvalue weighted by Crippen LogP contribution is -2.35. The molecule has 32 heavy (non-hydrogen) atoms. The Kier molecular flexibility index (Phi) is 6.21. The number of H-pyrrole nitrogens is 1. The topological polar surface area (TPSA) is 67.5 Å². The van der Waals surface area contributed by atoms with Gasteiger partial charge in [-0.05, 0) is 43.9 Å². The van der Waals surface area contributed by atoms with E-state index in [9.17, 15) is 4.79 Å². The molecule has 6 nitrogen and oxygen atoms in total. The number of nitrogens with one attached hydrogen (secondary N) is 1. The predicted molar refractivity (Wildman–Crippen MR) is 125 cm³/mol. The zero-order chi connectivity index (χ0) is 22.8. The minimum Gasteiger partial charge on any atom is -0.493 e. The highest BCUT2D eigenvalue weighted by atomic mass is 16.5. The molecule has 168 valence electrons. The number of ether oxygens (including phenoxy) is 2. The average Bonchev–Trinajstić information content (AvgIpc) is 3.33. The maximum Gasteiger partial charge on any atom is 0.273 e. The van der Waals surface area contributed by atoms with Crippen molar-refractivity contribution in [2.75, 3.05) is 13.7 Å². The van der Waals surface area contributed by atoms with Crippen LogP contribution in [0.15, 0.2) is 48.5 Å². The molecule has 0 saturated carbocycles. The van der Waals surface area contributed by atoms with Crippen molar-refractivity contribution in [1.29, 1.82) is 0 Å². The van der Waals surface area contributed by atoms with Gasteiger partial charge in [0.15, 0.2) is 11.5 Å². The van der Waals surface area contributed by atoms with Crippen LogP contribution in [0.5, 0.6) is 11.5 Å². The van der Waals surface area contributed by atoms with Gasteiger partial charge < -0.3 is 14.4 Å². The Morgan fingerprint density at radius 1 is 1.06 bits per heavy atom.